The molecule has 7 nitrogen and oxygen atoms in total. The highest BCUT2D eigenvalue weighted by Crippen LogP contribution is 2.43. The lowest BCUT2D eigenvalue weighted by atomic mass is 9.98. The number of rotatable bonds is 9. The molecule has 342 valence electrons. The highest BCUT2D eigenvalue weighted by Gasteiger charge is 2.26. The van der Waals surface area contributed by atoms with Crippen LogP contribution in [0.1, 0.15) is 0 Å². The number of hydrogen-bond donors (Lipinski definition) is 0. The Morgan fingerprint density at radius 2 is 0.685 bits per heavy atom. The smallest absolute Gasteiger partial charge is 0.165 e. The summed E-state index contributed by atoms with van der Waals surface area (Å²) < 4.78 is 7.10. The van der Waals surface area contributed by atoms with Gasteiger partial charge in [-0.05, 0) is 82.9 Å². The highest BCUT2D eigenvalue weighted by atomic mass is 15.2. The van der Waals surface area contributed by atoms with Gasteiger partial charge in [-0.2, -0.15) is 0 Å². The van der Waals surface area contributed by atoms with Gasteiger partial charge in [-0.15, -0.1) is 0 Å². The molecule has 4 aromatic heterocycles. The molecule has 0 aliphatic rings. The average Bonchev–Trinajstić information content (AvgIpc) is 4.14. The third kappa shape index (κ3) is 7.29. The normalized spacial score (nSPS) is 11.6. The lowest BCUT2D eigenvalue weighted by molar-refractivity contribution is 1.07. The number of hydrogen-bond acceptors (Lipinski definition) is 4. The summed E-state index contributed by atoms with van der Waals surface area (Å²) in [7, 11) is 0. The van der Waals surface area contributed by atoms with E-state index in [1.54, 1.807) is 0 Å². The molecular formula is C66H43N7. The molecule has 0 saturated carbocycles. The predicted molar refractivity (Wildman–Crippen MR) is 298 cm³/mol. The van der Waals surface area contributed by atoms with Crippen molar-refractivity contribution in [2.75, 3.05) is 0 Å². The molecule has 0 atom stereocenters. The second kappa shape index (κ2) is 17.5. The first-order chi connectivity index (χ1) is 36.2. The third-order valence-electron chi connectivity index (χ3n) is 13.9. The Morgan fingerprint density at radius 1 is 0.233 bits per heavy atom. The molecule has 0 spiro atoms. The van der Waals surface area contributed by atoms with E-state index >= 15 is 0 Å². The maximum Gasteiger partial charge on any atom is 0.165 e. The summed E-state index contributed by atoms with van der Waals surface area (Å²) in [6, 6.07) is 91.8. The number of benzene rings is 10. The topological polar surface area (TPSA) is 66.3 Å². The zero-order valence-corrected chi connectivity index (χ0v) is 39.5. The Hall–Kier alpha value is -9.98. The Bertz CT molecular complexity index is 4220. The van der Waals surface area contributed by atoms with E-state index in [9.17, 15) is 0 Å². The second-order valence-electron chi connectivity index (χ2n) is 18.3. The van der Waals surface area contributed by atoms with Gasteiger partial charge in [0.25, 0.3) is 0 Å². The molecule has 0 unspecified atom stereocenters. The van der Waals surface area contributed by atoms with E-state index in [4.69, 9.17) is 19.9 Å². The van der Waals surface area contributed by atoms with Crippen LogP contribution >= 0.6 is 0 Å². The van der Waals surface area contributed by atoms with Gasteiger partial charge in [0.15, 0.2) is 23.1 Å². The van der Waals surface area contributed by atoms with Crippen LogP contribution in [0.25, 0.3) is 129 Å². The maximum absolute atomic E-state index is 5.67. The van der Waals surface area contributed by atoms with Crippen molar-refractivity contribution < 1.29 is 0 Å². The number of imidazole rings is 1. The number of nitrogens with zero attached hydrogens (tertiary/aromatic N) is 7. The highest BCUT2D eigenvalue weighted by molar-refractivity contribution is 6.19. The summed E-state index contributed by atoms with van der Waals surface area (Å²) in [5.74, 6) is 2.66. The monoisotopic (exact) mass is 933 g/mol. The summed E-state index contributed by atoms with van der Waals surface area (Å²) in [6.45, 7) is 0. The molecule has 0 radical (unpaired) electrons. The first-order valence-electron chi connectivity index (χ1n) is 24.6. The first kappa shape index (κ1) is 41.9. The summed E-state index contributed by atoms with van der Waals surface area (Å²) in [6.07, 6.45) is 0. The largest absolute Gasteiger partial charge is 0.309 e. The number of aromatic nitrogens is 7. The van der Waals surface area contributed by atoms with Crippen LogP contribution in [0.3, 0.4) is 0 Å². The molecular weight excluding hydrogens is 891 g/mol. The standard InChI is InChI=1S/C66H43N7/c1-7-22-44(23-8-1)50-38-51(45-24-9-2-10-25-45)41-54(40-50)71-58-37-20-19-36-55(58)56-42-57-60(43-59(56)71)72(66-61(57)73(52-33-17-6-18-34-52)65(70-66)48-30-15-5-16-31-48)53-35-21-32-49(39-53)64-68-62(46-26-11-3-12-27-46)67-63(69-64)47-28-13-4-14-29-47/h1-43H. The molecule has 0 fully saturated rings. The van der Waals surface area contributed by atoms with Gasteiger partial charge in [-0.25, -0.2) is 19.9 Å². The maximum atomic E-state index is 5.67. The van der Waals surface area contributed by atoms with Crippen LogP contribution in [-0.2, 0) is 0 Å². The van der Waals surface area contributed by atoms with Crippen LogP contribution < -0.4 is 0 Å². The van der Waals surface area contributed by atoms with Crippen molar-refractivity contribution in [2.45, 2.75) is 0 Å². The van der Waals surface area contributed by atoms with Crippen molar-refractivity contribution in [3.8, 4) is 84.9 Å². The van der Waals surface area contributed by atoms with Crippen LogP contribution in [0, 0.1) is 0 Å². The molecule has 0 aliphatic carbocycles. The fraction of sp³-hybridized carbons (Fsp3) is 0. The van der Waals surface area contributed by atoms with E-state index in [1.165, 1.54) is 5.39 Å². The van der Waals surface area contributed by atoms with Crippen LogP contribution in [0.4, 0.5) is 0 Å². The minimum absolute atomic E-state index is 0.581. The van der Waals surface area contributed by atoms with Gasteiger partial charge in [0.05, 0.1) is 16.6 Å². The molecule has 10 aromatic carbocycles. The predicted octanol–water partition coefficient (Wildman–Crippen LogP) is 16.3. The van der Waals surface area contributed by atoms with Gasteiger partial charge >= 0.3 is 0 Å². The average molecular weight is 934 g/mol. The summed E-state index contributed by atoms with van der Waals surface area (Å²) in [4.78, 5) is 21.0. The van der Waals surface area contributed by atoms with Crippen molar-refractivity contribution in [2.24, 2.45) is 0 Å². The molecule has 14 rings (SSSR count). The van der Waals surface area contributed by atoms with Crippen LogP contribution in [0.15, 0.2) is 261 Å². The van der Waals surface area contributed by atoms with E-state index in [1.807, 2.05) is 60.7 Å². The molecule has 0 aliphatic heterocycles. The molecule has 0 bridgehead atoms. The Labute approximate surface area is 421 Å². The van der Waals surface area contributed by atoms with Crippen LogP contribution in [0.2, 0.25) is 0 Å². The van der Waals surface area contributed by atoms with Crippen LogP contribution in [0.5, 0.6) is 0 Å². The van der Waals surface area contributed by atoms with Crippen molar-refractivity contribution in [3.05, 3.63) is 261 Å². The number of para-hydroxylation sites is 2. The molecule has 0 N–H and O–H groups in total. The fourth-order valence-electron chi connectivity index (χ4n) is 10.5. The minimum atomic E-state index is 0.581. The molecule has 14 aromatic rings. The molecule has 7 heteroatoms. The van der Waals surface area contributed by atoms with E-state index in [2.05, 4.69) is 214 Å². The summed E-state index contributed by atoms with van der Waals surface area (Å²) >= 11 is 0. The fourth-order valence-corrected chi connectivity index (χ4v) is 10.5. The molecule has 0 saturated heterocycles. The van der Waals surface area contributed by atoms with Gasteiger partial charge in [0, 0.05) is 55.5 Å². The Balaban J connectivity index is 1.07. The van der Waals surface area contributed by atoms with Crippen molar-refractivity contribution in [1.82, 2.24) is 33.6 Å². The lowest BCUT2D eigenvalue weighted by Crippen LogP contribution is -2.01. The first-order valence-corrected chi connectivity index (χ1v) is 24.6. The Kier molecular flexibility index (Phi) is 10.0. The molecule has 0 amide bonds. The summed E-state index contributed by atoms with van der Waals surface area (Å²) in [5, 5.41) is 3.40. The molecule has 73 heavy (non-hydrogen) atoms. The van der Waals surface area contributed by atoms with Gasteiger partial charge in [0.2, 0.25) is 0 Å². The van der Waals surface area contributed by atoms with Crippen molar-refractivity contribution in [1.29, 1.82) is 0 Å². The van der Waals surface area contributed by atoms with E-state index < -0.39 is 0 Å². The van der Waals surface area contributed by atoms with Gasteiger partial charge in [0.1, 0.15) is 11.3 Å². The van der Waals surface area contributed by atoms with E-state index in [0.717, 1.165) is 106 Å². The van der Waals surface area contributed by atoms with Crippen LogP contribution in [-0.4, -0.2) is 33.6 Å². The SMILES string of the molecule is c1ccc(-c2cc(-c3ccccc3)cc(-n3c4ccccc4c4cc5c6c(nc(-c7ccccc7)n6-c6ccccc6)n(-c6cccc(-c7nc(-c8ccccc8)nc(-c8ccccc8)n7)c6)c5cc43)c2)cc1. The van der Waals surface area contributed by atoms with E-state index in [-0.39, 0.29) is 0 Å². The quantitative estimate of drug-likeness (QED) is 0.145. The van der Waals surface area contributed by atoms with Gasteiger partial charge < -0.3 is 4.57 Å². The minimum Gasteiger partial charge on any atom is -0.309 e. The van der Waals surface area contributed by atoms with Gasteiger partial charge in [-0.1, -0.05) is 200 Å². The van der Waals surface area contributed by atoms with Gasteiger partial charge in [-0.3, -0.25) is 9.13 Å². The van der Waals surface area contributed by atoms with Crippen molar-refractivity contribution in [3.63, 3.8) is 0 Å². The zero-order valence-electron chi connectivity index (χ0n) is 39.5. The molecule has 4 heterocycles. The Morgan fingerprint density at radius 3 is 1.27 bits per heavy atom. The van der Waals surface area contributed by atoms with Crippen molar-refractivity contribution >= 4 is 43.9 Å². The lowest BCUT2D eigenvalue weighted by Gasteiger charge is -2.15. The second-order valence-corrected chi connectivity index (χ2v) is 18.3. The number of fused-ring (bicyclic) bond motifs is 6. The third-order valence-corrected chi connectivity index (χ3v) is 13.9. The summed E-state index contributed by atoms with van der Waals surface area (Å²) in [5.41, 5.74) is 16.4. The van der Waals surface area contributed by atoms with E-state index in [0.29, 0.717) is 17.5 Å². The zero-order chi connectivity index (χ0) is 48.2.